The summed E-state index contributed by atoms with van der Waals surface area (Å²) in [7, 11) is 0. The summed E-state index contributed by atoms with van der Waals surface area (Å²) < 4.78 is 0. The smallest absolute Gasteiger partial charge is 0.227 e. The number of hydrogen-bond acceptors (Lipinski definition) is 3. The van der Waals surface area contributed by atoms with E-state index < -0.39 is 0 Å². The molecule has 0 aromatic carbocycles. The van der Waals surface area contributed by atoms with Gasteiger partial charge in [-0.1, -0.05) is 13.3 Å². The first kappa shape index (κ1) is 14.5. The van der Waals surface area contributed by atoms with E-state index in [1.807, 2.05) is 0 Å². The molecule has 2 atom stereocenters. The van der Waals surface area contributed by atoms with Crippen LogP contribution in [0.15, 0.2) is 16.8 Å². The van der Waals surface area contributed by atoms with Gasteiger partial charge in [0.2, 0.25) is 5.91 Å². The summed E-state index contributed by atoms with van der Waals surface area (Å²) in [5, 5.41) is 10.8. The quantitative estimate of drug-likeness (QED) is 0.870. The molecule has 106 valence electrons. The van der Waals surface area contributed by atoms with E-state index in [1.165, 1.54) is 5.56 Å². The molecule has 0 spiro atoms. The fourth-order valence-electron chi connectivity index (χ4n) is 2.92. The SMILES string of the molecule is CCCC1(C(=O)NC(C)c2ccsc2)CCCNC1. The van der Waals surface area contributed by atoms with Crippen LogP contribution in [0.2, 0.25) is 0 Å². The van der Waals surface area contributed by atoms with Crippen molar-refractivity contribution in [2.75, 3.05) is 13.1 Å². The zero-order chi connectivity index (χ0) is 13.7. The Hall–Kier alpha value is -0.870. The minimum absolute atomic E-state index is 0.106. The summed E-state index contributed by atoms with van der Waals surface area (Å²) in [5.74, 6) is 0.222. The van der Waals surface area contributed by atoms with E-state index in [4.69, 9.17) is 0 Å². The van der Waals surface area contributed by atoms with Gasteiger partial charge in [0.25, 0.3) is 0 Å². The molecular weight excluding hydrogens is 256 g/mol. The normalized spacial score (nSPS) is 24.9. The van der Waals surface area contributed by atoms with Crippen molar-refractivity contribution in [1.82, 2.24) is 10.6 Å². The van der Waals surface area contributed by atoms with Crippen LogP contribution in [0.25, 0.3) is 0 Å². The Morgan fingerprint density at radius 2 is 2.47 bits per heavy atom. The third kappa shape index (κ3) is 3.37. The van der Waals surface area contributed by atoms with E-state index in [-0.39, 0.29) is 17.4 Å². The van der Waals surface area contributed by atoms with Crippen molar-refractivity contribution >= 4 is 17.2 Å². The highest BCUT2D eigenvalue weighted by Crippen LogP contribution is 2.32. The number of nitrogens with one attached hydrogen (secondary N) is 2. The van der Waals surface area contributed by atoms with Gasteiger partial charge < -0.3 is 10.6 Å². The van der Waals surface area contributed by atoms with E-state index in [0.29, 0.717) is 0 Å². The van der Waals surface area contributed by atoms with Crippen LogP contribution in [0.3, 0.4) is 0 Å². The molecular formula is C15H24N2OS. The van der Waals surface area contributed by atoms with Crippen LogP contribution in [-0.2, 0) is 4.79 Å². The zero-order valence-electron chi connectivity index (χ0n) is 11.9. The third-order valence-electron chi connectivity index (χ3n) is 4.07. The summed E-state index contributed by atoms with van der Waals surface area (Å²) >= 11 is 1.68. The molecule has 0 saturated carbocycles. The van der Waals surface area contributed by atoms with Crippen LogP contribution in [0.1, 0.15) is 51.1 Å². The molecule has 3 nitrogen and oxygen atoms in total. The van der Waals surface area contributed by atoms with Gasteiger partial charge in [0.1, 0.15) is 0 Å². The lowest BCUT2D eigenvalue weighted by molar-refractivity contribution is -0.133. The van der Waals surface area contributed by atoms with Crippen LogP contribution in [0.4, 0.5) is 0 Å². The number of hydrogen-bond donors (Lipinski definition) is 2. The van der Waals surface area contributed by atoms with Crippen molar-refractivity contribution < 1.29 is 4.79 Å². The summed E-state index contributed by atoms with van der Waals surface area (Å²) in [4.78, 5) is 12.7. The molecule has 4 heteroatoms. The summed E-state index contributed by atoms with van der Waals surface area (Å²) in [5.41, 5.74) is 1.01. The highest BCUT2D eigenvalue weighted by Gasteiger charge is 2.39. The van der Waals surface area contributed by atoms with Gasteiger partial charge in [-0.15, -0.1) is 0 Å². The monoisotopic (exact) mass is 280 g/mol. The van der Waals surface area contributed by atoms with Crippen molar-refractivity contribution in [2.24, 2.45) is 5.41 Å². The fraction of sp³-hybridized carbons (Fsp3) is 0.667. The Labute approximate surface area is 119 Å². The Bertz CT molecular complexity index is 391. The van der Waals surface area contributed by atoms with Crippen LogP contribution in [-0.4, -0.2) is 19.0 Å². The predicted molar refractivity (Wildman–Crippen MR) is 80.3 cm³/mol. The van der Waals surface area contributed by atoms with Gasteiger partial charge in [0, 0.05) is 6.54 Å². The van der Waals surface area contributed by atoms with Gasteiger partial charge in [0.15, 0.2) is 0 Å². The topological polar surface area (TPSA) is 41.1 Å². The van der Waals surface area contributed by atoms with Gasteiger partial charge in [-0.05, 0) is 55.1 Å². The summed E-state index contributed by atoms with van der Waals surface area (Å²) in [6.45, 7) is 6.09. The molecule has 1 aliphatic heterocycles. The Balaban J connectivity index is 2.03. The van der Waals surface area contributed by atoms with Crippen molar-refractivity contribution in [3.8, 4) is 0 Å². The molecule has 19 heavy (non-hydrogen) atoms. The summed E-state index contributed by atoms with van der Waals surface area (Å²) in [6.07, 6.45) is 4.14. The van der Waals surface area contributed by atoms with Gasteiger partial charge in [-0.2, -0.15) is 11.3 Å². The Morgan fingerprint density at radius 3 is 3.05 bits per heavy atom. The molecule has 2 heterocycles. The second-order valence-corrected chi connectivity index (χ2v) is 6.34. The number of piperidine rings is 1. The molecule has 1 aromatic heterocycles. The number of carbonyl (C=O) groups excluding carboxylic acids is 1. The van der Waals surface area contributed by atoms with Crippen molar-refractivity contribution in [3.05, 3.63) is 22.4 Å². The lowest BCUT2D eigenvalue weighted by Crippen LogP contribution is -2.50. The molecule has 2 N–H and O–H groups in total. The van der Waals surface area contributed by atoms with E-state index in [2.05, 4.69) is 41.3 Å². The number of thiophene rings is 1. The molecule has 2 rings (SSSR count). The second kappa shape index (κ2) is 6.53. The lowest BCUT2D eigenvalue weighted by atomic mass is 9.76. The molecule has 2 unspecified atom stereocenters. The van der Waals surface area contributed by atoms with Crippen LogP contribution < -0.4 is 10.6 Å². The maximum atomic E-state index is 12.7. The first-order chi connectivity index (χ1) is 9.18. The van der Waals surface area contributed by atoms with Crippen molar-refractivity contribution in [2.45, 2.75) is 45.6 Å². The Kier molecular flexibility index (Phi) is 4.99. The molecule has 1 amide bonds. The number of amides is 1. The molecule has 1 aromatic rings. The number of carbonyl (C=O) groups is 1. The summed E-state index contributed by atoms with van der Waals surface area (Å²) in [6, 6.07) is 2.19. The Morgan fingerprint density at radius 1 is 1.63 bits per heavy atom. The molecule has 1 aliphatic rings. The van der Waals surface area contributed by atoms with Crippen LogP contribution in [0.5, 0.6) is 0 Å². The average Bonchev–Trinajstić information content (AvgIpc) is 2.94. The van der Waals surface area contributed by atoms with Gasteiger partial charge >= 0.3 is 0 Å². The average molecular weight is 280 g/mol. The maximum Gasteiger partial charge on any atom is 0.227 e. The molecule has 1 fully saturated rings. The van der Waals surface area contributed by atoms with E-state index in [9.17, 15) is 4.79 Å². The van der Waals surface area contributed by atoms with Gasteiger partial charge in [-0.3, -0.25) is 4.79 Å². The maximum absolute atomic E-state index is 12.7. The van der Waals surface area contributed by atoms with E-state index in [0.717, 1.165) is 38.8 Å². The zero-order valence-corrected chi connectivity index (χ0v) is 12.7. The third-order valence-corrected chi connectivity index (χ3v) is 4.77. The molecule has 0 bridgehead atoms. The highest BCUT2D eigenvalue weighted by atomic mass is 32.1. The number of rotatable bonds is 5. The minimum Gasteiger partial charge on any atom is -0.349 e. The fourth-order valence-corrected chi connectivity index (χ4v) is 3.68. The highest BCUT2D eigenvalue weighted by molar-refractivity contribution is 7.07. The predicted octanol–water partition coefficient (Wildman–Crippen LogP) is 3.10. The van der Waals surface area contributed by atoms with Crippen molar-refractivity contribution in [1.29, 1.82) is 0 Å². The minimum atomic E-state index is -0.197. The standard InChI is InChI=1S/C15H24N2OS/c1-3-6-15(7-4-8-16-11-15)14(18)17-12(2)13-5-9-19-10-13/h5,9-10,12,16H,3-4,6-8,11H2,1-2H3,(H,17,18). The molecule has 0 radical (unpaired) electrons. The van der Waals surface area contributed by atoms with Crippen LogP contribution in [0, 0.1) is 5.41 Å². The van der Waals surface area contributed by atoms with E-state index in [1.54, 1.807) is 11.3 Å². The lowest BCUT2D eigenvalue weighted by Gasteiger charge is -2.37. The van der Waals surface area contributed by atoms with Crippen molar-refractivity contribution in [3.63, 3.8) is 0 Å². The van der Waals surface area contributed by atoms with Gasteiger partial charge in [-0.25, -0.2) is 0 Å². The largest absolute Gasteiger partial charge is 0.349 e. The second-order valence-electron chi connectivity index (χ2n) is 5.56. The molecule has 1 saturated heterocycles. The molecule has 0 aliphatic carbocycles. The van der Waals surface area contributed by atoms with Crippen LogP contribution >= 0.6 is 11.3 Å². The van der Waals surface area contributed by atoms with E-state index >= 15 is 0 Å². The first-order valence-corrected chi connectivity index (χ1v) is 8.16. The first-order valence-electron chi connectivity index (χ1n) is 7.22. The van der Waals surface area contributed by atoms with Gasteiger partial charge in [0.05, 0.1) is 11.5 Å².